The zero-order valence-electron chi connectivity index (χ0n) is 15.3. The molecule has 5 nitrogen and oxygen atoms in total. The molecular weight excluding hydrogens is 326 g/mol. The van der Waals surface area contributed by atoms with Crippen LogP contribution in [0.15, 0.2) is 58.8 Å². The molecule has 0 fully saturated rings. The number of aromatic nitrogens is 1. The van der Waals surface area contributed by atoms with Crippen LogP contribution in [-0.4, -0.2) is 15.6 Å². The lowest BCUT2D eigenvalue weighted by Gasteiger charge is -2.09. The van der Waals surface area contributed by atoms with E-state index in [2.05, 4.69) is 24.1 Å². The molecular formula is C21H23N3O2. The number of aryl methyl sites for hydroxylation is 1. The molecule has 134 valence electrons. The smallest absolute Gasteiger partial charge is 0.269 e. The van der Waals surface area contributed by atoms with E-state index in [1.54, 1.807) is 0 Å². The van der Waals surface area contributed by atoms with Gasteiger partial charge in [0.15, 0.2) is 5.69 Å². The van der Waals surface area contributed by atoms with Gasteiger partial charge < -0.3 is 9.67 Å². The average Bonchev–Trinajstić information content (AvgIpc) is 2.84. The summed E-state index contributed by atoms with van der Waals surface area (Å²) in [4.78, 5) is 12.1. The van der Waals surface area contributed by atoms with Crippen LogP contribution in [-0.2, 0) is 17.8 Å². The average molecular weight is 349 g/mol. The lowest BCUT2D eigenvalue weighted by molar-refractivity contribution is -0.117. The molecule has 1 amide bonds. The van der Waals surface area contributed by atoms with Crippen molar-refractivity contribution < 1.29 is 9.90 Å². The molecule has 3 aromatic rings. The number of carbonyl (C=O) groups excluding carboxylic acids is 1. The van der Waals surface area contributed by atoms with Gasteiger partial charge in [-0.25, -0.2) is 0 Å². The normalized spacial score (nSPS) is 11.7. The monoisotopic (exact) mass is 349 g/mol. The third-order valence-electron chi connectivity index (χ3n) is 4.17. The number of benzene rings is 2. The zero-order chi connectivity index (χ0) is 18.7. The van der Waals surface area contributed by atoms with Gasteiger partial charge in [-0.1, -0.05) is 55.8 Å². The highest BCUT2D eigenvalue weighted by molar-refractivity contribution is 5.95. The van der Waals surface area contributed by atoms with Gasteiger partial charge >= 0.3 is 0 Å². The highest BCUT2D eigenvalue weighted by atomic mass is 16.3. The van der Waals surface area contributed by atoms with Crippen molar-refractivity contribution in [1.82, 2.24) is 4.57 Å². The van der Waals surface area contributed by atoms with E-state index in [4.69, 9.17) is 0 Å². The number of rotatable bonds is 5. The van der Waals surface area contributed by atoms with Gasteiger partial charge in [-0.15, -0.1) is 10.2 Å². The Balaban J connectivity index is 1.95. The first-order valence-corrected chi connectivity index (χ1v) is 8.76. The number of aromatic hydroxyl groups is 1. The molecule has 3 rings (SSSR count). The second-order valence-corrected chi connectivity index (χ2v) is 6.95. The van der Waals surface area contributed by atoms with Crippen LogP contribution in [0.3, 0.4) is 0 Å². The van der Waals surface area contributed by atoms with Crippen LogP contribution >= 0.6 is 0 Å². The third-order valence-corrected chi connectivity index (χ3v) is 4.17. The molecule has 5 heteroatoms. The van der Waals surface area contributed by atoms with Crippen molar-refractivity contribution in [2.75, 3.05) is 0 Å². The Bertz CT molecular complexity index is 956. The van der Waals surface area contributed by atoms with Crippen molar-refractivity contribution in [3.05, 3.63) is 59.7 Å². The predicted octanol–water partition coefficient (Wildman–Crippen LogP) is 5.16. The second kappa shape index (κ2) is 7.52. The van der Waals surface area contributed by atoms with Crippen LogP contribution < -0.4 is 0 Å². The van der Waals surface area contributed by atoms with Crippen molar-refractivity contribution in [3.63, 3.8) is 0 Å². The highest BCUT2D eigenvalue weighted by Gasteiger charge is 2.18. The Morgan fingerprint density at radius 2 is 1.88 bits per heavy atom. The van der Waals surface area contributed by atoms with Crippen LogP contribution in [0.5, 0.6) is 5.88 Å². The van der Waals surface area contributed by atoms with Crippen molar-refractivity contribution in [1.29, 1.82) is 0 Å². The number of fused-ring (bicyclic) bond motifs is 1. The first-order chi connectivity index (χ1) is 12.5. The van der Waals surface area contributed by atoms with Gasteiger partial charge in [0.25, 0.3) is 5.91 Å². The first-order valence-electron chi connectivity index (χ1n) is 8.76. The summed E-state index contributed by atoms with van der Waals surface area (Å²) < 4.78 is 1.83. The topological polar surface area (TPSA) is 66.9 Å². The minimum atomic E-state index is -0.340. The molecule has 0 atom stereocenters. The maximum absolute atomic E-state index is 12.1. The molecule has 26 heavy (non-hydrogen) atoms. The summed E-state index contributed by atoms with van der Waals surface area (Å²) in [6.07, 6.45) is 0.189. The molecule has 1 aromatic heterocycles. The van der Waals surface area contributed by atoms with Crippen molar-refractivity contribution >= 4 is 22.5 Å². The number of hydrogen-bond acceptors (Lipinski definition) is 3. The molecule has 0 aliphatic carbocycles. The molecule has 0 aliphatic heterocycles. The first kappa shape index (κ1) is 17.9. The van der Waals surface area contributed by atoms with E-state index in [9.17, 15) is 9.90 Å². The van der Waals surface area contributed by atoms with Gasteiger partial charge in [0, 0.05) is 11.9 Å². The summed E-state index contributed by atoms with van der Waals surface area (Å²) >= 11 is 0. The maximum atomic E-state index is 12.1. The molecule has 0 spiro atoms. The van der Waals surface area contributed by atoms with E-state index in [0.717, 1.165) is 22.0 Å². The molecule has 1 heterocycles. The van der Waals surface area contributed by atoms with Gasteiger partial charge in [-0.3, -0.25) is 4.79 Å². The fraction of sp³-hybridized carbons (Fsp3) is 0.286. The summed E-state index contributed by atoms with van der Waals surface area (Å²) in [6.45, 7) is 6.82. The summed E-state index contributed by atoms with van der Waals surface area (Å²) in [5, 5.41) is 19.4. The van der Waals surface area contributed by atoms with E-state index in [-0.39, 0.29) is 18.2 Å². The fourth-order valence-electron chi connectivity index (χ4n) is 3.00. The predicted molar refractivity (Wildman–Crippen MR) is 103 cm³/mol. The van der Waals surface area contributed by atoms with Crippen molar-refractivity contribution in [2.24, 2.45) is 16.1 Å². The van der Waals surface area contributed by atoms with Crippen LogP contribution in [0, 0.1) is 12.8 Å². The Hall–Kier alpha value is -2.95. The maximum Gasteiger partial charge on any atom is 0.269 e. The quantitative estimate of drug-likeness (QED) is 0.646. The largest absolute Gasteiger partial charge is 0.493 e. The van der Waals surface area contributed by atoms with E-state index in [0.29, 0.717) is 18.2 Å². The second-order valence-electron chi connectivity index (χ2n) is 6.95. The Labute approximate surface area is 153 Å². The minimum absolute atomic E-state index is 0.0514. The molecule has 2 aromatic carbocycles. The van der Waals surface area contributed by atoms with Gasteiger partial charge in [-0.2, -0.15) is 0 Å². The van der Waals surface area contributed by atoms with E-state index >= 15 is 0 Å². The molecule has 0 aliphatic rings. The van der Waals surface area contributed by atoms with Crippen LogP contribution in [0.2, 0.25) is 0 Å². The lowest BCUT2D eigenvalue weighted by atomic mass is 10.1. The van der Waals surface area contributed by atoms with Crippen molar-refractivity contribution in [3.8, 4) is 5.88 Å². The molecule has 1 N–H and O–H groups in total. The molecule has 0 unspecified atom stereocenters. The van der Waals surface area contributed by atoms with Crippen LogP contribution in [0.1, 0.15) is 25.0 Å². The fourth-order valence-corrected chi connectivity index (χ4v) is 3.00. The van der Waals surface area contributed by atoms with Gasteiger partial charge in [0.1, 0.15) is 0 Å². The number of azo groups is 1. The third kappa shape index (κ3) is 3.82. The number of amides is 1. The summed E-state index contributed by atoms with van der Waals surface area (Å²) in [6, 6.07) is 15.4. The SMILES string of the molecule is Cc1ccc2c(c1)c(N=NC(=O)Cc1ccccc1)c(O)n2CC(C)C. The van der Waals surface area contributed by atoms with Crippen LogP contribution in [0.25, 0.3) is 10.9 Å². The zero-order valence-corrected chi connectivity index (χ0v) is 15.3. The number of carbonyl (C=O) groups is 1. The molecule has 0 saturated carbocycles. The highest BCUT2D eigenvalue weighted by Crippen LogP contribution is 2.39. The van der Waals surface area contributed by atoms with Crippen molar-refractivity contribution in [2.45, 2.75) is 33.7 Å². The Kier molecular flexibility index (Phi) is 5.16. The summed E-state index contributed by atoms with van der Waals surface area (Å²) in [5.74, 6) is 0.0749. The Morgan fingerprint density at radius 3 is 2.58 bits per heavy atom. The minimum Gasteiger partial charge on any atom is -0.493 e. The van der Waals surface area contributed by atoms with E-state index < -0.39 is 0 Å². The number of hydrogen-bond donors (Lipinski definition) is 1. The summed E-state index contributed by atoms with van der Waals surface area (Å²) in [5.41, 5.74) is 3.20. The molecule has 0 saturated heterocycles. The van der Waals surface area contributed by atoms with Crippen LogP contribution in [0.4, 0.5) is 5.69 Å². The standard InChI is InChI=1S/C21H23N3O2/c1-14(2)13-24-18-10-9-15(3)11-17(18)20(21(24)26)23-22-19(25)12-16-7-5-4-6-8-16/h4-11,14,26H,12-13H2,1-3H3. The van der Waals surface area contributed by atoms with E-state index in [1.165, 1.54) is 0 Å². The molecule has 0 bridgehead atoms. The summed E-state index contributed by atoms with van der Waals surface area (Å²) in [7, 11) is 0. The lowest BCUT2D eigenvalue weighted by Crippen LogP contribution is -2.03. The number of nitrogens with zero attached hydrogens (tertiary/aromatic N) is 3. The Morgan fingerprint density at radius 1 is 1.15 bits per heavy atom. The van der Waals surface area contributed by atoms with E-state index in [1.807, 2.05) is 60.0 Å². The van der Waals surface area contributed by atoms with Gasteiger partial charge in [-0.05, 0) is 30.5 Å². The van der Waals surface area contributed by atoms with Gasteiger partial charge in [0.2, 0.25) is 5.88 Å². The van der Waals surface area contributed by atoms with Gasteiger partial charge in [0.05, 0.1) is 11.9 Å². The molecule has 0 radical (unpaired) electrons.